The minimum atomic E-state index is -0.250. The summed E-state index contributed by atoms with van der Waals surface area (Å²) in [6.45, 7) is 3.02. The molecule has 7 heteroatoms. The summed E-state index contributed by atoms with van der Waals surface area (Å²) < 4.78 is 5.75. The lowest BCUT2D eigenvalue weighted by Crippen LogP contribution is -2.45. The lowest BCUT2D eigenvalue weighted by molar-refractivity contribution is -0.121. The van der Waals surface area contributed by atoms with E-state index in [4.69, 9.17) is 4.74 Å². The number of likely N-dealkylation sites (tertiary alicyclic amines) is 1. The lowest BCUT2D eigenvalue weighted by Gasteiger charge is -2.32. The number of nitrogens with one attached hydrogen (secondary N) is 2. The van der Waals surface area contributed by atoms with Crippen molar-refractivity contribution in [2.24, 2.45) is 5.92 Å². The van der Waals surface area contributed by atoms with Crippen LogP contribution in [0.3, 0.4) is 0 Å². The number of benzene rings is 2. The van der Waals surface area contributed by atoms with Gasteiger partial charge in [0.25, 0.3) is 0 Å². The highest BCUT2D eigenvalue weighted by Crippen LogP contribution is 2.24. The van der Waals surface area contributed by atoms with Crippen LogP contribution in [0.2, 0.25) is 0 Å². The van der Waals surface area contributed by atoms with Gasteiger partial charge in [-0.15, -0.1) is 0 Å². The maximum Gasteiger partial charge on any atom is 0.321 e. The fourth-order valence-corrected chi connectivity index (χ4v) is 3.69. The number of nitrogens with zero attached hydrogens (tertiary/aromatic N) is 2. The molecule has 1 aliphatic rings. The molecule has 0 saturated carbocycles. The Morgan fingerprint density at radius 3 is 2.47 bits per heavy atom. The molecule has 3 amide bonds. The predicted molar refractivity (Wildman–Crippen MR) is 124 cm³/mol. The number of hydrogen-bond acceptors (Lipinski definition) is 4. The number of aryl methyl sites for hydroxylation is 1. The maximum atomic E-state index is 12.8. The Morgan fingerprint density at radius 1 is 0.969 bits per heavy atom. The minimum Gasteiger partial charge on any atom is -0.457 e. The molecule has 3 aromatic rings. The van der Waals surface area contributed by atoms with Crippen LogP contribution in [0.5, 0.6) is 11.5 Å². The van der Waals surface area contributed by atoms with E-state index in [1.54, 1.807) is 53.7 Å². The Bertz CT molecular complexity index is 1070. The number of carbonyl (C=O) groups excluding carboxylic acids is 2. The van der Waals surface area contributed by atoms with Crippen molar-refractivity contribution in [2.45, 2.75) is 19.8 Å². The highest BCUT2D eigenvalue weighted by Gasteiger charge is 2.28. The summed E-state index contributed by atoms with van der Waals surface area (Å²) in [6.07, 6.45) is 4.87. The molecule has 2 N–H and O–H groups in total. The van der Waals surface area contributed by atoms with Gasteiger partial charge >= 0.3 is 6.03 Å². The first-order chi connectivity index (χ1) is 15.6. The predicted octanol–water partition coefficient (Wildman–Crippen LogP) is 5.06. The number of urea groups is 1. The van der Waals surface area contributed by atoms with Crippen molar-refractivity contribution in [3.05, 3.63) is 78.6 Å². The lowest BCUT2D eigenvalue weighted by atomic mass is 9.97. The molecule has 1 unspecified atom stereocenters. The number of piperidine rings is 1. The van der Waals surface area contributed by atoms with Crippen molar-refractivity contribution in [3.8, 4) is 11.5 Å². The molecule has 1 atom stereocenters. The third-order valence-electron chi connectivity index (χ3n) is 5.36. The number of rotatable bonds is 5. The minimum absolute atomic E-state index is 0.0825. The topological polar surface area (TPSA) is 83.6 Å². The number of anilines is 2. The number of carbonyl (C=O) groups is 2. The van der Waals surface area contributed by atoms with E-state index in [-0.39, 0.29) is 17.9 Å². The van der Waals surface area contributed by atoms with E-state index >= 15 is 0 Å². The van der Waals surface area contributed by atoms with E-state index in [1.165, 1.54) is 0 Å². The third kappa shape index (κ3) is 5.63. The molecule has 0 bridgehead atoms. The summed E-state index contributed by atoms with van der Waals surface area (Å²) in [6, 6.07) is 18.3. The van der Waals surface area contributed by atoms with Crippen molar-refractivity contribution in [3.63, 3.8) is 0 Å². The highest BCUT2D eigenvalue weighted by atomic mass is 16.5. The van der Waals surface area contributed by atoms with Gasteiger partial charge in [0.1, 0.15) is 11.5 Å². The molecule has 0 spiro atoms. The summed E-state index contributed by atoms with van der Waals surface area (Å²) in [5.41, 5.74) is 2.53. The van der Waals surface area contributed by atoms with Crippen molar-refractivity contribution in [1.82, 2.24) is 9.88 Å². The molecule has 2 heterocycles. The second kappa shape index (κ2) is 9.96. The van der Waals surface area contributed by atoms with Gasteiger partial charge in [0.05, 0.1) is 5.92 Å². The molecule has 1 fully saturated rings. The van der Waals surface area contributed by atoms with Gasteiger partial charge in [-0.2, -0.15) is 0 Å². The van der Waals surface area contributed by atoms with E-state index in [1.807, 2.05) is 31.2 Å². The van der Waals surface area contributed by atoms with Crippen LogP contribution in [0.25, 0.3) is 0 Å². The number of ether oxygens (including phenoxy) is 1. The van der Waals surface area contributed by atoms with Gasteiger partial charge in [-0.25, -0.2) is 4.79 Å². The Morgan fingerprint density at radius 2 is 1.72 bits per heavy atom. The first kappa shape index (κ1) is 21.4. The monoisotopic (exact) mass is 430 g/mol. The van der Waals surface area contributed by atoms with Gasteiger partial charge in [0, 0.05) is 36.9 Å². The summed E-state index contributed by atoms with van der Waals surface area (Å²) in [5, 5.41) is 5.88. The van der Waals surface area contributed by atoms with Crippen molar-refractivity contribution in [2.75, 3.05) is 23.7 Å². The fourth-order valence-electron chi connectivity index (χ4n) is 3.69. The van der Waals surface area contributed by atoms with Crippen LogP contribution in [-0.2, 0) is 4.79 Å². The highest BCUT2D eigenvalue weighted by molar-refractivity contribution is 5.94. The molecule has 1 saturated heterocycles. The van der Waals surface area contributed by atoms with E-state index in [0.29, 0.717) is 30.3 Å². The average molecular weight is 431 g/mol. The van der Waals surface area contributed by atoms with Crippen LogP contribution in [0, 0.1) is 12.8 Å². The van der Waals surface area contributed by atoms with Gasteiger partial charge in [0.15, 0.2) is 0 Å². The summed E-state index contributed by atoms with van der Waals surface area (Å²) >= 11 is 0. The number of pyridine rings is 1. The van der Waals surface area contributed by atoms with E-state index in [2.05, 4.69) is 15.6 Å². The van der Waals surface area contributed by atoms with Crippen LogP contribution in [-0.4, -0.2) is 34.9 Å². The van der Waals surface area contributed by atoms with Crippen LogP contribution in [0.15, 0.2) is 73.1 Å². The van der Waals surface area contributed by atoms with Gasteiger partial charge < -0.3 is 20.3 Å². The molecule has 1 aliphatic heterocycles. The molecule has 164 valence electrons. The van der Waals surface area contributed by atoms with Gasteiger partial charge in [-0.3, -0.25) is 9.78 Å². The largest absolute Gasteiger partial charge is 0.457 e. The smallest absolute Gasteiger partial charge is 0.321 e. The Balaban J connectivity index is 1.31. The molecular weight excluding hydrogens is 404 g/mol. The normalized spacial score (nSPS) is 15.7. The van der Waals surface area contributed by atoms with Crippen LogP contribution >= 0.6 is 0 Å². The standard InChI is InChI=1S/C25H26N4O3/c1-18-4-2-6-21(16-18)28-25(31)29-15-3-5-19(17-29)24(30)27-20-7-9-22(10-8-20)32-23-11-13-26-14-12-23/h2,4,6-14,16,19H,3,5,15,17H2,1H3,(H,27,30)(H,28,31). The summed E-state index contributed by atoms with van der Waals surface area (Å²) in [7, 11) is 0. The molecular formula is C25H26N4O3. The zero-order chi connectivity index (χ0) is 22.3. The fraction of sp³-hybridized carbons (Fsp3) is 0.240. The molecule has 0 radical (unpaired) electrons. The van der Waals surface area contributed by atoms with E-state index < -0.39 is 0 Å². The molecule has 7 nitrogen and oxygen atoms in total. The van der Waals surface area contributed by atoms with Crippen molar-refractivity contribution >= 4 is 23.3 Å². The second-order valence-electron chi connectivity index (χ2n) is 7.88. The molecule has 1 aromatic heterocycles. The van der Waals surface area contributed by atoms with Crippen LogP contribution < -0.4 is 15.4 Å². The number of hydrogen-bond donors (Lipinski definition) is 2. The SMILES string of the molecule is Cc1cccc(NC(=O)N2CCCC(C(=O)Nc3ccc(Oc4ccncc4)cc3)C2)c1. The van der Waals surface area contributed by atoms with Gasteiger partial charge in [-0.05, 0) is 73.9 Å². The zero-order valence-electron chi connectivity index (χ0n) is 18.0. The summed E-state index contributed by atoms with van der Waals surface area (Å²) in [4.78, 5) is 31.1. The number of aromatic nitrogens is 1. The van der Waals surface area contributed by atoms with Gasteiger partial charge in [-0.1, -0.05) is 12.1 Å². The van der Waals surface area contributed by atoms with E-state index in [0.717, 1.165) is 24.1 Å². The van der Waals surface area contributed by atoms with Crippen molar-refractivity contribution in [1.29, 1.82) is 0 Å². The summed E-state index contributed by atoms with van der Waals surface area (Å²) in [5.74, 6) is 1.04. The van der Waals surface area contributed by atoms with Gasteiger partial charge in [0.2, 0.25) is 5.91 Å². The Hall–Kier alpha value is -3.87. The average Bonchev–Trinajstić information content (AvgIpc) is 2.81. The van der Waals surface area contributed by atoms with Crippen LogP contribution in [0.4, 0.5) is 16.2 Å². The van der Waals surface area contributed by atoms with E-state index in [9.17, 15) is 9.59 Å². The second-order valence-corrected chi connectivity index (χ2v) is 7.88. The Labute approximate surface area is 187 Å². The molecule has 32 heavy (non-hydrogen) atoms. The zero-order valence-corrected chi connectivity index (χ0v) is 18.0. The quantitative estimate of drug-likeness (QED) is 0.592. The first-order valence-electron chi connectivity index (χ1n) is 10.7. The molecule has 2 aromatic carbocycles. The number of amides is 3. The third-order valence-corrected chi connectivity index (χ3v) is 5.36. The molecule has 4 rings (SSSR count). The maximum absolute atomic E-state index is 12.8. The Kier molecular flexibility index (Phi) is 6.65. The van der Waals surface area contributed by atoms with Crippen molar-refractivity contribution < 1.29 is 14.3 Å². The first-order valence-corrected chi connectivity index (χ1v) is 10.7. The molecule has 0 aliphatic carbocycles. The van der Waals surface area contributed by atoms with Crippen LogP contribution in [0.1, 0.15) is 18.4 Å².